The Bertz CT molecular complexity index is 856. The fourth-order valence-electron chi connectivity index (χ4n) is 5.33. The minimum atomic E-state index is -4.52. The maximum absolute atomic E-state index is 13.3. The number of carbonyl (C=O) groups excluding carboxylic acids is 1. The second kappa shape index (κ2) is 11.3. The average molecular weight is 522 g/mol. The number of piperidine rings is 1. The molecule has 3 rings (SSSR count). The second-order valence-corrected chi connectivity index (χ2v) is 11.2. The van der Waals surface area contributed by atoms with E-state index in [1.54, 1.807) is 0 Å². The standard InChI is InChI=1S/C26H37F6N3O/c1-24(2,3)22-17-34(14-15-35(22)23(36)16-18-9-12-33-13-10-18)21(8-11-25(27,28)29)19-4-6-20(7-5-19)26(30,31)32/h4-7,18,21-22,33H,8-17H2,1-3H3. The van der Waals surface area contributed by atoms with E-state index < -0.39 is 30.4 Å². The van der Waals surface area contributed by atoms with Crippen molar-refractivity contribution in [1.82, 2.24) is 15.1 Å². The van der Waals surface area contributed by atoms with Gasteiger partial charge in [0.15, 0.2) is 0 Å². The van der Waals surface area contributed by atoms with E-state index in [2.05, 4.69) is 5.32 Å². The molecule has 10 heteroatoms. The monoisotopic (exact) mass is 521 g/mol. The number of alkyl halides is 6. The van der Waals surface area contributed by atoms with Gasteiger partial charge < -0.3 is 10.2 Å². The van der Waals surface area contributed by atoms with Crippen molar-refractivity contribution in [2.24, 2.45) is 11.3 Å². The summed E-state index contributed by atoms with van der Waals surface area (Å²) in [6, 6.07) is 3.50. The Morgan fingerprint density at radius 2 is 1.61 bits per heavy atom. The molecule has 2 fully saturated rings. The third-order valence-corrected chi connectivity index (χ3v) is 7.42. The van der Waals surface area contributed by atoms with Crippen molar-refractivity contribution in [3.05, 3.63) is 35.4 Å². The van der Waals surface area contributed by atoms with Gasteiger partial charge in [-0.25, -0.2) is 0 Å². The number of hydrogen-bond acceptors (Lipinski definition) is 3. The van der Waals surface area contributed by atoms with Crippen molar-refractivity contribution < 1.29 is 31.1 Å². The van der Waals surface area contributed by atoms with Gasteiger partial charge in [-0.2, -0.15) is 26.3 Å². The van der Waals surface area contributed by atoms with Crippen LogP contribution in [0.5, 0.6) is 0 Å². The minimum Gasteiger partial charge on any atom is -0.337 e. The molecule has 2 aliphatic rings. The molecule has 1 aromatic carbocycles. The number of piperazine rings is 1. The molecule has 2 atom stereocenters. The molecule has 0 saturated carbocycles. The summed E-state index contributed by atoms with van der Waals surface area (Å²) in [5.41, 5.74) is -0.729. The molecule has 1 aromatic rings. The van der Waals surface area contributed by atoms with E-state index in [0.29, 0.717) is 37.5 Å². The number of nitrogens with one attached hydrogen (secondary N) is 1. The highest BCUT2D eigenvalue weighted by Gasteiger charge is 2.41. The Balaban J connectivity index is 1.81. The van der Waals surface area contributed by atoms with Crippen molar-refractivity contribution in [1.29, 1.82) is 0 Å². The zero-order chi connectivity index (χ0) is 26.7. The van der Waals surface area contributed by atoms with Crippen molar-refractivity contribution in [3.8, 4) is 0 Å². The molecule has 0 bridgehead atoms. The number of halogens is 6. The van der Waals surface area contributed by atoms with Gasteiger partial charge in [-0.15, -0.1) is 0 Å². The number of hydrogen-bond donors (Lipinski definition) is 1. The van der Waals surface area contributed by atoms with E-state index in [-0.39, 0.29) is 23.8 Å². The fourth-order valence-corrected chi connectivity index (χ4v) is 5.33. The molecule has 0 aromatic heterocycles. The molecular weight excluding hydrogens is 484 g/mol. The van der Waals surface area contributed by atoms with Crippen LogP contribution in [-0.2, 0) is 11.0 Å². The maximum Gasteiger partial charge on any atom is 0.416 e. The summed E-state index contributed by atoms with van der Waals surface area (Å²) in [6.07, 6.45) is -7.83. The first-order valence-corrected chi connectivity index (χ1v) is 12.6. The van der Waals surface area contributed by atoms with Crippen LogP contribution in [0.15, 0.2) is 24.3 Å². The molecule has 2 heterocycles. The molecular formula is C26H37F6N3O. The molecule has 1 N–H and O–H groups in total. The number of benzene rings is 1. The van der Waals surface area contributed by atoms with Crippen LogP contribution >= 0.6 is 0 Å². The zero-order valence-corrected chi connectivity index (χ0v) is 21.2. The topological polar surface area (TPSA) is 35.6 Å². The smallest absolute Gasteiger partial charge is 0.337 e. The zero-order valence-electron chi connectivity index (χ0n) is 21.2. The van der Waals surface area contributed by atoms with Gasteiger partial charge in [0, 0.05) is 44.6 Å². The fraction of sp³-hybridized carbons (Fsp3) is 0.731. The Kier molecular flexibility index (Phi) is 9.02. The Morgan fingerprint density at radius 1 is 1.00 bits per heavy atom. The summed E-state index contributed by atoms with van der Waals surface area (Å²) >= 11 is 0. The van der Waals surface area contributed by atoms with Gasteiger partial charge in [0.05, 0.1) is 5.56 Å². The summed E-state index contributed by atoms with van der Waals surface area (Å²) < 4.78 is 78.6. The second-order valence-electron chi connectivity index (χ2n) is 11.2. The molecule has 0 radical (unpaired) electrons. The van der Waals surface area contributed by atoms with Crippen molar-refractivity contribution >= 4 is 5.91 Å². The molecule has 2 saturated heterocycles. The van der Waals surface area contributed by atoms with Gasteiger partial charge in [0.1, 0.15) is 0 Å². The first-order valence-electron chi connectivity index (χ1n) is 12.6. The van der Waals surface area contributed by atoms with Crippen LogP contribution in [0, 0.1) is 11.3 Å². The Hall–Kier alpha value is -1.81. The summed E-state index contributed by atoms with van der Waals surface area (Å²) in [5, 5.41) is 3.29. The third kappa shape index (κ3) is 7.84. The van der Waals surface area contributed by atoms with Crippen LogP contribution in [0.1, 0.15) is 70.0 Å². The normalized spacial score (nSPS) is 22.0. The van der Waals surface area contributed by atoms with Gasteiger partial charge in [-0.05, 0) is 61.4 Å². The lowest BCUT2D eigenvalue weighted by atomic mass is 9.82. The molecule has 0 spiro atoms. The SMILES string of the molecule is CC(C)(C)C1CN(C(CCC(F)(F)F)c2ccc(C(F)(F)F)cc2)CCN1C(=O)CC1CCNCC1. The summed E-state index contributed by atoms with van der Waals surface area (Å²) in [6.45, 7) is 8.93. The quantitative estimate of drug-likeness (QED) is 0.464. The van der Waals surface area contributed by atoms with Gasteiger partial charge in [-0.3, -0.25) is 9.69 Å². The lowest BCUT2D eigenvalue weighted by molar-refractivity contribution is -0.144. The predicted octanol–water partition coefficient (Wildman–Crippen LogP) is 6.04. The molecule has 204 valence electrons. The average Bonchev–Trinajstić information content (AvgIpc) is 2.78. The molecule has 0 aliphatic carbocycles. The Labute approximate surface area is 209 Å². The molecule has 2 aliphatic heterocycles. The lowest BCUT2D eigenvalue weighted by Crippen LogP contribution is -2.60. The van der Waals surface area contributed by atoms with Gasteiger partial charge in [0.2, 0.25) is 5.91 Å². The highest BCUT2D eigenvalue weighted by Crippen LogP contribution is 2.38. The van der Waals surface area contributed by atoms with Crippen LogP contribution in [0.25, 0.3) is 0 Å². The van der Waals surface area contributed by atoms with E-state index >= 15 is 0 Å². The van der Waals surface area contributed by atoms with Crippen molar-refractivity contribution in [3.63, 3.8) is 0 Å². The Morgan fingerprint density at radius 3 is 2.14 bits per heavy atom. The largest absolute Gasteiger partial charge is 0.416 e. The van der Waals surface area contributed by atoms with E-state index in [1.807, 2.05) is 30.6 Å². The summed E-state index contributed by atoms with van der Waals surface area (Å²) in [4.78, 5) is 17.1. The van der Waals surface area contributed by atoms with Gasteiger partial charge in [-0.1, -0.05) is 32.9 Å². The molecule has 36 heavy (non-hydrogen) atoms. The maximum atomic E-state index is 13.3. The summed E-state index contributed by atoms with van der Waals surface area (Å²) in [7, 11) is 0. The first kappa shape index (κ1) is 28.8. The van der Waals surface area contributed by atoms with Crippen LogP contribution in [-0.4, -0.2) is 60.6 Å². The van der Waals surface area contributed by atoms with E-state index in [4.69, 9.17) is 0 Å². The number of carbonyl (C=O) groups is 1. The number of amides is 1. The minimum absolute atomic E-state index is 0.0721. The van der Waals surface area contributed by atoms with E-state index in [9.17, 15) is 31.1 Å². The van der Waals surface area contributed by atoms with Crippen molar-refractivity contribution in [2.45, 2.75) is 77.3 Å². The van der Waals surface area contributed by atoms with Crippen LogP contribution < -0.4 is 5.32 Å². The first-order chi connectivity index (χ1) is 16.6. The lowest BCUT2D eigenvalue weighted by Gasteiger charge is -2.49. The van der Waals surface area contributed by atoms with Crippen LogP contribution in [0.2, 0.25) is 0 Å². The molecule has 2 unspecified atom stereocenters. The van der Waals surface area contributed by atoms with E-state index in [1.165, 1.54) is 12.1 Å². The molecule has 4 nitrogen and oxygen atoms in total. The third-order valence-electron chi connectivity index (χ3n) is 7.42. The van der Waals surface area contributed by atoms with Gasteiger partial charge in [0.25, 0.3) is 0 Å². The number of nitrogens with zero attached hydrogens (tertiary/aromatic N) is 2. The highest BCUT2D eigenvalue weighted by atomic mass is 19.4. The van der Waals surface area contributed by atoms with Crippen LogP contribution in [0.3, 0.4) is 0 Å². The van der Waals surface area contributed by atoms with Crippen molar-refractivity contribution in [2.75, 3.05) is 32.7 Å². The van der Waals surface area contributed by atoms with Crippen LogP contribution in [0.4, 0.5) is 26.3 Å². The number of rotatable bonds is 6. The van der Waals surface area contributed by atoms with E-state index in [0.717, 1.165) is 38.1 Å². The molecule has 1 amide bonds. The summed E-state index contributed by atoms with van der Waals surface area (Å²) in [5.74, 6) is 0.395. The van der Waals surface area contributed by atoms with Gasteiger partial charge >= 0.3 is 12.4 Å². The highest BCUT2D eigenvalue weighted by molar-refractivity contribution is 5.77. The predicted molar refractivity (Wildman–Crippen MR) is 126 cm³/mol.